The van der Waals surface area contributed by atoms with E-state index >= 15 is 0 Å². The maximum atomic E-state index is 14.4. The number of hydrogen-bond acceptors (Lipinski definition) is 4. The van der Waals surface area contributed by atoms with E-state index < -0.39 is 17.4 Å². The lowest BCUT2D eigenvalue weighted by molar-refractivity contribution is -0.133. The largest absolute Gasteiger partial charge is 0.496 e. The molecule has 0 bridgehead atoms. The molecular weight excluding hydrogens is 411 g/mol. The topological polar surface area (TPSA) is 74.2 Å². The smallest absolute Gasteiger partial charge is 0.318 e. The zero-order valence-corrected chi connectivity index (χ0v) is 19.1. The molecule has 1 N–H and O–H groups in total. The van der Waals surface area contributed by atoms with Crippen molar-refractivity contribution in [1.82, 2.24) is 15.2 Å². The van der Waals surface area contributed by atoms with Gasteiger partial charge in [-0.25, -0.2) is 14.2 Å². The number of ether oxygens (including phenoxy) is 1. The summed E-state index contributed by atoms with van der Waals surface area (Å²) in [6, 6.07) is 12.9. The third kappa shape index (κ3) is 5.25. The van der Waals surface area contributed by atoms with Crippen molar-refractivity contribution in [2.24, 2.45) is 5.10 Å². The second kappa shape index (κ2) is 9.38. The number of methoxy groups -OCH3 is 1. The Morgan fingerprint density at radius 1 is 1.19 bits per heavy atom. The monoisotopic (exact) mass is 440 g/mol. The third-order valence-corrected chi connectivity index (χ3v) is 5.05. The van der Waals surface area contributed by atoms with Crippen molar-refractivity contribution in [3.63, 3.8) is 0 Å². The highest BCUT2D eigenvalue weighted by atomic mass is 19.1. The standard InChI is InChI=1S/C24H29FN4O3/c1-24(2,3)26-23(31)28(4)15-22(30)29-20(17-11-7-9-13-21(17)32-5)14-19(27-29)16-10-6-8-12-18(16)25/h6-13,20H,14-15H2,1-5H3,(H,26,31). The molecule has 170 valence electrons. The van der Waals surface area contributed by atoms with Gasteiger partial charge in [0.15, 0.2) is 0 Å². The SMILES string of the molecule is COc1ccccc1C1CC(c2ccccc2F)=NN1C(=O)CN(C)C(=O)NC(C)(C)C. The van der Waals surface area contributed by atoms with E-state index in [2.05, 4.69) is 10.4 Å². The van der Waals surface area contributed by atoms with E-state index in [1.54, 1.807) is 32.4 Å². The van der Waals surface area contributed by atoms with Crippen LogP contribution in [0.15, 0.2) is 53.6 Å². The molecule has 0 spiro atoms. The van der Waals surface area contributed by atoms with Crippen molar-refractivity contribution in [3.05, 3.63) is 65.5 Å². The molecule has 8 heteroatoms. The van der Waals surface area contributed by atoms with Crippen LogP contribution in [-0.2, 0) is 4.79 Å². The predicted octanol–water partition coefficient (Wildman–Crippen LogP) is 3.95. The zero-order chi connectivity index (χ0) is 23.5. The van der Waals surface area contributed by atoms with E-state index in [0.29, 0.717) is 23.4 Å². The van der Waals surface area contributed by atoms with E-state index in [0.717, 1.165) is 5.56 Å². The summed E-state index contributed by atoms with van der Waals surface area (Å²) in [7, 11) is 3.11. The molecule has 1 atom stereocenters. The number of rotatable bonds is 5. The molecule has 0 aliphatic carbocycles. The minimum absolute atomic E-state index is 0.179. The first-order valence-corrected chi connectivity index (χ1v) is 10.4. The second-order valence-electron chi connectivity index (χ2n) is 8.76. The molecule has 2 aromatic rings. The Balaban J connectivity index is 1.91. The number of carbonyl (C=O) groups is 2. The summed E-state index contributed by atoms with van der Waals surface area (Å²) < 4.78 is 19.9. The molecule has 0 saturated carbocycles. The zero-order valence-electron chi connectivity index (χ0n) is 19.1. The highest BCUT2D eigenvalue weighted by Crippen LogP contribution is 2.37. The van der Waals surface area contributed by atoms with Crippen LogP contribution in [0.1, 0.15) is 44.4 Å². The fraction of sp³-hybridized carbons (Fsp3) is 0.375. The Bertz CT molecular complexity index is 1030. The molecule has 0 saturated heterocycles. The average Bonchev–Trinajstić information content (AvgIpc) is 3.18. The second-order valence-corrected chi connectivity index (χ2v) is 8.76. The van der Waals surface area contributed by atoms with Gasteiger partial charge in [-0.15, -0.1) is 0 Å². The van der Waals surface area contributed by atoms with E-state index in [9.17, 15) is 14.0 Å². The number of hydrogen-bond donors (Lipinski definition) is 1. The third-order valence-electron chi connectivity index (χ3n) is 5.05. The van der Waals surface area contributed by atoms with Gasteiger partial charge in [0, 0.05) is 30.1 Å². The van der Waals surface area contributed by atoms with Gasteiger partial charge in [-0.3, -0.25) is 4.79 Å². The Kier molecular flexibility index (Phi) is 6.81. The van der Waals surface area contributed by atoms with Crippen molar-refractivity contribution >= 4 is 17.6 Å². The summed E-state index contributed by atoms with van der Waals surface area (Å²) in [4.78, 5) is 27.0. The van der Waals surface area contributed by atoms with Crippen LogP contribution in [0.25, 0.3) is 0 Å². The molecule has 1 unspecified atom stereocenters. The number of nitrogens with one attached hydrogen (secondary N) is 1. The van der Waals surface area contributed by atoms with Crippen molar-refractivity contribution in [2.75, 3.05) is 20.7 Å². The highest BCUT2D eigenvalue weighted by molar-refractivity contribution is 6.03. The van der Waals surface area contributed by atoms with Crippen LogP contribution in [0, 0.1) is 5.82 Å². The summed E-state index contributed by atoms with van der Waals surface area (Å²) in [5.41, 5.74) is 1.15. The van der Waals surface area contributed by atoms with Crippen molar-refractivity contribution in [2.45, 2.75) is 38.8 Å². The van der Waals surface area contributed by atoms with Gasteiger partial charge < -0.3 is 15.0 Å². The summed E-state index contributed by atoms with van der Waals surface area (Å²) in [5, 5.41) is 8.65. The van der Waals surface area contributed by atoms with E-state index in [1.165, 1.54) is 16.0 Å². The van der Waals surface area contributed by atoms with Crippen LogP contribution >= 0.6 is 0 Å². The quantitative estimate of drug-likeness (QED) is 0.765. The van der Waals surface area contributed by atoms with E-state index in [-0.39, 0.29) is 18.5 Å². The van der Waals surface area contributed by atoms with Crippen LogP contribution in [0.2, 0.25) is 0 Å². The number of carbonyl (C=O) groups excluding carboxylic acids is 2. The fourth-order valence-electron chi connectivity index (χ4n) is 3.55. The summed E-state index contributed by atoms with van der Waals surface area (Å²) in [5.74, 6) is -0.168. The van der Waals surface area contributed by atoms with Gasteiger partial charge in [0.25, 0.3) is 5.91 Å². The minimum Gasteiger partial charge on any atom is -0.496 e. The average molecular weight is 441 g/mol. The molecule has 32 heavy (non-hydrogen) atoms. The fourth-order valence-corrected chi connectivity index (χ4v) is 3.55. The maximum Gasteiger partial charge on any atom is 0.318 e. The van der Waals surface area contributed by atoms with Crippen molar-refractivity contribution in [3.8, 4) is 5.75 Å². The van der Waals surface area contributed by atoms with Gasteiger partial charge in [-0.05, 0) is 32.9 Å². The summed E-state index contributed by atoms with van der Waals surface area (Å²) in [6.45, 7) is 5.42. The highest BCUT2D eigenvalue weighted by Gasteiger charge is 2.36. The molecule has 0 radical (unpaired) electrons. The molecule has 0 fully saturated rings. The number of nitrogens with zero attached hydrogens (tertiary/aromatic N) is 3. The lowest BCUT2D eigenvalue weighted by atomic mass is 9.97. The number of amides is 3. The molecule has 3 amide bonds. The summed E-state index contributed by atoms with van der Waals surface area (Å²) in [6.07, 6.45) is 0.324. The number of benzene rings is 2. The van der Waals surface area contributed by atoms with Crippen LogP contribution in [0.3, 0.4) is 0 Å². The Hall–Kier alpha value is -3.42. The molecular formula is C24H29FN4O3. The minimum atomic E-state index is -0.479. The van der Waals surface area contributed by atoms with Gasteiger partial charge in [0.1, 0.15) is 18.1 Å². The summed E-state index contributed by atoms with van der Waals surface area (Å²) >= 11 is 0. The lowest BCUT2D eigenvalue weighted by Crippen LogP contribution is -2.49. The Morgan fingerprint density at radius 3 is 2.50 bits per heavy atom. The molecule has 3 rings (SSSR count). The molecule has 1 aliphatic rings. The maximum absolute atomic E-state index is 14.4. The number of urea groups is 1. The van der Waals surface area contributed by atoms with Gasteiger partial charge in [-0.2, -0.15) is 5.10 Å². The van der Waals surface area contributed by atoms with E-state index in [4.69, 9.17) is 4.74 Å². The normalized spacial score (nSPS) is 15.9. The number of halogens is 1. The first-order chi connectivity index (χ1) is 15.1. The van der Waals surface area contributed by atoms with Gasteiger partial charge in [0.2, 0.25) is 0 Å². The van der Waals surface area contributed by atoms with Crippen molar-refractivity contribution < 1.29 is 18.7 Å². The van der Waals surface area contributed by atoms with Crippen LogP contribution in [0.4, 0.5) is 9.18 Å². The number of hydrazone groups is 1. The Morgan fingerprint density at radius 2 is 1.84 bits per heavy atom. The molecule has 1 heterocycles. The number of likely N-dealkylation sites (N-methyl/N-ethyl adjacent to an activating group) is 1. The predicted molar refractivity (Wildman–Crippen MR) is 121 cm³/mol. The molecule has 2 aromatic carbocycles. The molecule has 7 nitrogen and oxygen atoms in total. The lowest BCUT2D eigenvalue weighted by Gasteiger charge is -2.28. The van der Waals surface area contributed by atoms with Crippen molar-refractivity contribution in [1.29, 1.82) is 0 Å². The molecule has 1 aliphatic heterocycles. The first kappa shape index (κ1) is 23.2. The van der Waals surface area contributed by atoms with E-state index in [1.807, 2.05) is 45.0 Å². The van der Waals surface area contributed by atoms with Crippen LogP contribution in [-0.4, -0.2) is 53.8 Å². The van der Waals surface area contributed by atoms with Gasteiger partial charge >= 0.3 is 6.03 Å². The van der Waals surface area contributed by atoms with Gasteiger partial charge in [-0.1, -0.05) is 36.4 Å². The number of para-hydroxylation sites is 1. The van der Waals surface area contributed by atoms with Crippen LogP contribution < -0.4 is 10.1 Å². The Labute approximate surface area is 187 Å². The first-order valence-electron chi connectivity index (χ1n) is 10.4. The molecule has 0 aromatic heterocycles. The van der Waals surface area contributed by atoms with Gasteiger partial charge in [0.05, 0.1) is 18.9 Å². The van der Waals surface area contributed by atoms with Crippen LogP contribution in [0.5, 0.6) is 5.75 Å².